The predicted octanol–water partition coefficient (Wildman–Crippen LogP) is 3.19. The number of nitrogens with one attached hydrogen (secondary N) is 4. The molecule has 48 heavy (non-hydrogen) atoms. The highest BCUT2D eigenvalue weighted by atomic mass is 32.2. The van der Waals surface area contributed by atoms with Gasteiger partial charge in [0.2, 0.25) is 17.6 Å². The summed E-state index contributed by atoms with van der Waals surface area (Å²) in [6.07, 6.45) is 11.4. The third-order valence-electron chi connectivity index (χ3n) is 8.60. The van der Waals surface area contributed by atoms with Gasteiger partial charge in [-0.15, -0.1) is 12.3 Å². The maximum Gasteiger partial charge on any atom is 0.315 e. The van der Waals surface area contributed by atoms with Crippen molar-refractivity contribution in [3.63, 3.8) is 0 Å². The van der Waals surface area contributed by atoms with Gasteiger partial charge in [-0.05, 0) is 65.0 Å². The summed E-state index contributed by atoms with van der Waals surface area (Å²) < 4.78 is 25.5. The summed E-state index contributed by atoms with van der Waals surface area (Å²) in [6.45, 7) is 14.1. The fourth-order valence-corrected chi connectivity index (χ4v) is 7.34. The lowest BCUT2D eigenvalue weighted by Gasteiger charge is -2.41. The molecule has 4 N–H and O–H groups in total. The number of sulfone groups is 1. The maximum absolute atomic E-state index is 14.2. The second-order valence-electron chi connectivity index (χ2n) is 14.7. The molecule has 1 rings (SSSR count). The van der Waals surface area contributed by atoms with Gasteiger partial charge in [0.25, 0.3) is 5.91 Å². The van der Waals surface area contributed by atoms with Crippen LogP contribution in [0.5, 0.6) is 0 Å². The molecule has 0 radical (unpaired) electrons. The summed E-state index contributed by atoms with van der Waals surface area (Å²) in [4.78, 5) is 68.1. The minimum Gasteiger partial charge on any atom is -0.349 e. The van der Waals surface area contributed by atoms with Crippen LogP contribution in [0.15, 0.2) is 0 Å². The molecule has 1 saturated carbocycles. The number of urea groups is 1. The maximum atomic E-state index is 14.2. The van der Waals surface area contributed by atoms with E-state index in [1.165, 1.54) is 23.6 Å². The van der Waals surface area contributed by atoms with Crippen molar-refractivity contribution in [1.29, 1.82) is 0 Å². The number of rotatable bonds is 17. The van der Waals surface area contributed by atoms with Crippen LogP contribution in [0.25, 0.3) is 0 Å². The van der Waals surface area contributed by atoms with Crippen molar-refractivity contribution in [3.8, 4) is 12.3 Å². The van der Waals surface area contributed by atoms with Gasteiger partial charge in [-0.25, -0.2) is 13.2 Å². The Labute approximate surface area is 292 Å². The van der Waals surface area contributed by atoms with E-state index in [1.54, 1.807) is 41.5 Å². The van der Waals surface area contributed by atoms with Gasteiger partial charge in [0, 0.05) is 25.3 Å². The SMILES string of the molecule is C#CCCC(NC(=O)[C@H](C)N(CCC)C(=O)[C@@H](NC(=O)NC1(CS(=O)(=O)C(C)(C)C)CCCCC1)C(C)(C)C)C(=O)C(=O)NCCSC. The molecule has 1 aliphatic carbocycles. The molecule has 0 aromatic carbocycles. The normalized spacial score (nSPS) is 16.8. The van der Waals surface area contributed by atoms with E-state index in [1.807, 2.05) is 13.2 Å². The van der Waals surface area contributed by atoms with E-state index >= 15 is 0 Å². The Morgan fingerprint density at radius 2 is 1.60 bits per heavy atom. The fourth-order valence-electron chi connectivity index (χ4n) is 5.51. The summed E-state index contributed by atoms with van der Waals surface area (Å²) in [5.74, 6) is 0.0304. The van der Waals surface area contributed by atoms with Crippen molar-refractivity contribution in [1.82, 2.24) is 26.2 Å². The molecule has 3 atom stereocenters. The van der Waals surface area contributed by atoms with Crippen LogP contribution in [-0.4, -0.2) is 102 Å². The third kappa shape index (κ3) is 12.9. The Bertz CT molecular complexity index is 1280. The average Bonchev–Trinajstić information content (AvgIpc) is 2.98. The molecule has 0 aromatic heterocycles. The van der Waals surface area contributed by atoms with Gasteiger partial charge in [0.05, 0.1) is 22.1 Å². The van der Waals surface area contributed by atoms with Gasteiger partial charge in [0.15, 0.2) is 9.84 Å². The highest BCUT2D eigenvalue weighted by molar-refractivity contribution is 7.98. The van der Waals surface area contributed by atoms with Crippen molar-refractivity contribution < 1.29 is 32.4 Å². The molecule has 1 aliphatic rings. The molecule has 12 nitrogen and oxygen atoms in total. The number of hydrogen-bond acceptors (Lipinski definition) is 8. The van der Waals surface area contributed by atoms with Crippen LogP contribution < -0.4 is 21.3 Å². The molecule has 1 unspecified atom stereocenters. The van der Waals surface area contributed by atoms with Crippen LogP contribution in [0.2, 0.25) is 0 Å². The van der Waals surface area contributed by atoms with Gasteiger partial charge in [-0.2, -0.15) is 11.8 Å². The monoisotopic (exact) mass is 713 g/mol. The number of terminal acetylenes is 1. The number of nitrogens with zero attached hydrogens (tertiary/aromatic N) is 1. The molecular formula is C34H59N5O7S2. The van der Waals surface area contributed by atoms with Gasteiger partial charge >= 0.3 is 6.03 Å². The summed E-state index contributed by atoms with van der Waals surface area (Å²) in [6, 6.07) is -3.98. The minimum atomic E-state index is -3.57. The zero-order valence-corrected chi connectivity index (χ0v) is 32.0. The highest BCUT2D eigenvalue weighted by Gasteiger charge is 2.44. The Balaban J connectivity index is 3.27. The molecule has 14 heteroatoms. The van der Waals surface area contributed by atoms with Crippen molar-refractivity contribution >= 4 is 51.1 Å². The Morgan fingerprint density at radius 3 is 2.10 bits per heavy atom. The second kappa shape index (κ2) is 18.8. The van der Waals surface area contributed by atoms with Crippen molar-refractivity contribution in [2.75, 3.05) is 30.9 Å². The summed E-state index contributed by atoms with van der Waals surface area (Å²) in [5, 5.41) is 10.9. The number of hydrogen-bond donors (Lipinski definition) is 4. The average molecular weight is 714 g/mol. The zero-order valence-electron chi connectivity index (χ0n) is 30.4. The van der Waals surface area contributed by atoms with Crippen LogP contribution in [0.1, 0.15) is 107 Å². The number of Topliss-reactive ketones (excluding diaryl/α,β-unsaturated/α-hetero) is 1. The van der Waals surface area contributed by atoms with Crippen LogP contribution in [0.3, 0.4) is 0 Å². The number of carbonyl (C=O) groups is 5. The summed E-state index contributed by atoms with van der Waals surface area (Å²) in [5.41, 5.74) is -1.77. The molecule has 1 fully saturated rings. The van der Waals surface area contributed by atoms with E-state index in [9.17, 15) is 32.4 Å². The number of thioether (sulfide) groups is 1. The van der Waals surface area contributed by atoms with E-state index < -0.39 is 73.2 Å². The van der Waals surface area contributed by atoms with Crippen molar-refractivity contribution in [2.24, 2.45) is 5.41 Å². The van der Waals surface area contributed by atoms with Gasteiger partial charge < -0.3 is 26.2 Å². The lowest BCUT2D eigenvalue weighted by molar-refractivity contribution is -0.145. The van der Waals surface area contributed by atoms with Crippen LogP contribution >= 0.6 is 11.8 Å². The number of ketones is 1. The Hall–Kier alpha value is -2.79. The van der Waals surface area contributed by atoms with Crippen molar-refractivity contribution in [2.45, 2.75) is 135 Å². The first-order chi connectivity index (χ1) is 22.2. The number of amides is 5. The lowest BCUT2D eigenvalue weighted by Crippen LogP contribution is -2.64. The standard InChI is InChI=1S/C34H59N5O7S2/c1-11-13-17-25(26(40)29(42)35-20-22-47-10)36-28(41)24(3)39(21-12-2)30(43)27(32(4,5)6)37-31(44)38-34(18-15-14-16-19-34)23-48(45,46)33(7,8)9/h1,24-25,27H,12-23H2,2-10H3,(H,35,42)(H,36,41)(H2,37,38,44)/t24-,25?,27+/m0/s1. The van der Waals surface area contributed by atoms with Crippen LogP contribution in [0, 0.1) is 17.8 Å². The molecule has 0 aromatic rings. The summed E-state index contributed by atoms with van der Waals surface area (Å²) in [7, 11) is -3.57. The first-order valence-electron chi connectivity index (χ1n) is 16.8. The van der Waals surface area contributed by atoms with E-state index in [-0.39, 0.29) is 25.1 Å². The van der Waals surface area contributed by atoms with E-state index in [2.05, 4.69) is 27.2 Å². The topological polar surface area (TPSA) is 171 Å². The van der Waals surface area contributed by atoms with E-state index in [0.29, 0.717) is 31.6 Å². The van der Waals surface area contributed by atoms with Gasteiger partial charge in [0.1, 0.15) is 12.1 Å². The van der Waals surface area contributed by atoms with E-state index in [4.69, 9.17) is 6.42 Å². The van der Waals surface area contributed by atoms with E-state index in [0.717, 1.165) is 19.3 Å². The molecule has 0 saturated heterocycles. The highest BCUT2D eigenvalue weighted by Crippen LogP contribution is 2.33. The summed E-state index contributed by atoms with van der Waals surface area (Å²) >= 11 is 1.51. The zero-order chi connectivity index (χ0) is 36.9. The molecule has 5 amide bonds. The molecule has 0 spiro atoms. The number of carbonyl (C=O) groups excluding carboxylic acids is 5. The molecule has 0 aliphatic heterocycles. The first kappa shape index (κ1) is 43.2. The minimum absolute atomic E-state index is 0.0461. The van der Waals surface area contributed by atoms with Gasteiger partial charge in [-0.3, -0.25) is 19.2 Å². The Morgan fingerprint density at radius 1 is 1.00 bits per heavy atom. The second-order valence-corrected chi connectivity index (χ2v) is 18.5. The quantitative estimate of drug-likeness (QED) is 0.101. The van der Waals surface area contributed by atoms with Crippen LogP contribution in [-0.2, 0) is 29.0 Å². The molecule has 274 valence electrons. The largest absolute Gasteiger partial charge is 0.349 e. The Kier molecular flexibility index (Phi) is 17.0. The third-order valence-corrected chi connectivity index (χ3v) is 12.0. The first-order valence-corrected chi connectivity index (χ1v) is 19.9. The smallest absolute Gasteiger partial charge is 0.315 e. The van der Waals surface area contributed by atoms with Crippen molar-refractivity contribution in [3.05, 3.63) is 0 Å². The van der Waals surface area contributed by atoms with Gasteiger partial charge in [-0.1, -0.05) is 47.0 Å². The fraction of sp³-hybridized carbons (Fsp3) is 0.794. The molecule has 0 bridgehead atoms. The van der Waals surface area contributed by atoms with Crippen LogP contribution in [0.4, 0.5) is 4.79 Å². The molecule has 0 heterocycles. The molecular weight excluding hydrogens is 655 g/mol. The predicted molar refractivity (Wildman–Crippen MR) is 192 cm³/mol. The lowest BCUT2D eigenvalue weighted by atomic mass is 9.83.